The van der Waals surface area contributed by atoms with Crippen LogP contribution in [0.3, 0.4) is 0 Å². The van der Waals surface area contributed by atoms with Gasteiger partial charge in [0.1, 0.15) is 0 Å². The van der Waals surface area contributed by atoms with Crippen molar-refractivity contribution in [2.24, 2.45) is 0 Å². The molecule has 2 atom stereocenters. The van der Waals surface area contributed by atoms with Crippen LogP contribution in [0.25, 0.3) is 0 Å². The highest BCUT2D eigenvalue weighted by Crippen LogP contribution is 2.30. The summed E-state index contributed by atoms with van der Waals surface area (Å²) in [7, 11) is 0. The monoisotopic (exact) mass is 387 g/mol. The Morgan fingerprint density at radius 2 is 1.70 bits per heavy atom. The van der Waals surface area contributed by atoms with Gasteiger partial charge in [-0.25, -0.2) is 0 Å². The van der Waals surface area contributed by atoms with E-state index in [4.69, 9.17) is 0 Å². The number of rotatable bonds is 3. The molecule has 2 aliphatic rings. The Bertz CT molecular complexity index is 815. The highest BCUT2D eigenvalue weighted by atomic mass is 35.5. The minimum atomic E-state index is -0.0728. The molecular formula is C21H26ClN3O2. The summed E-state index contributed by atoms with van der Waals surface area (Å²) in [6.07, 6.45) is 5.45. The van der Waals surface area contributed by atoms with Crippen LogP contribution in [0, 0.1) is 0 Å². The first-order valence-corrected chi connectivity index (χ1v) is 9.49. The van der Waals surface area contributed by atoms with Gasteiger partial charge in [0.05, 0.1) is 6.04 Å². The summed E-state index contributed by atoms with van der Waals surface area (Å²) >= 11 is 0. The molecule has 144 valence electrons. The maximum atomic E-state index is 12.9. The number of carbonyl (C=O) groups is 1. The Balaban J connectivity index is 0.00000210. The first-order valence-electron chi connectivity index (χ1n) is 9.49. The van der Waals surface area contributed by atoms with Crippen molar-refractivity contribution < 1.29 is 4.79 Å². The van der Waals surface area contributed by atoms with E-state index >= 15 is 0 Å². The third-order valence-corrected chi connectivity index (χ3v) is 5.72. The number of carbonyl (C=O) groups excluding carboxylic acids is 1. The smallest absolute Gasteiger partial charge is 0.248 e. The van der Waals surface area contributed by atoms with Crippen LogP contribution >= 0.6 is 12.4 Å². The van der Waals surface area contributed by atoms with Crippen molar-refractivity contribution in [3.8, 4) is 0 Å². The molecule has 3 heterocycles. The van der Waals surface area contributed by atoms with E-state index in [1.54, 1.807) is 12.3 Å². The molecule has 0 aliphatic carbocycles. The number of nitrogens with one attached hydrogen (secondary N) is 2. The summed E-state index contributed by atoms with van der Waals surface area (Å²) in [5.41, 5.74) is 2.29. The quantitative estimate of drug-likeness (QED) is 0.850. The zero-order valence-electron chi connectivity index (χ0n) is 15.3. The molecule has 5 nitrogen and oxygen atoms in total. The molecule has 0 radical (unpaired) electrons. The highest BCUT2D eigenvalue weighted by Gasteiger charge is 2.34. The lowest BCUT2D eigenvalue weighted by Crippen LogP contribution is -2.47. The van der Waals surface area contributed by atoms with Gasteiger partial charge in [0.15, 0.2) is 0 Å². The van der Waals surface area contributed by atoms with Crippen molar-refractivity contribution in [3.05, 3.63) is 70.1 Å². The first-order chi connectivity index (χ1) is 12.7. The van der Waals surface area contributed by atoms with Crippen LogP contribution in [0.2, 0.25) is 0 Å². The topological polar surface area (TPSA) is 65.2 Å². The second-order valence-electron chi connectivity index (χ2n) is 7.35. The third kappa shape index (κ3) is 4.42. The molecule has 1 amide bonds. The summed E-state index contributed by atoms with van der Waals surface area (Å²) in [4.78, 5) is 29.0. The van der Waals surface area contributed by atoms with Crippen molar-refractivity contribution in [2.75, 3.05) is 13.1 Å². The highest BCUT2D eigenvalue weighted by molar-refractivity contribution is 5.85. The fourth-order valence-corrected chi connectivity index (χ4v) is 4.25. The van der Waals surface area contributed by atoms with Gasteiger partial charge in [-0.2, -0.15) is 0 Å². The van der Waals surface area contributed by atoms with Gasteiger partial charge in [0, 0.05) is 31.4 Å². The van der Waals surface area contributed by atoms with Gasteiger partial charge in [0.25, 0.3) is 0 Å². The Labute approximate surface area is 165 Å². The number of benzene rings is 1. The molecule has 2 aliphatic heterocycles. The van der Waals surface area contributed by atoms with Crippen molar-refractivity contribution in [3.63, 3.8) is 0 Å². The summed E-state index contributed by atoms with van der Waals surface area (Å²) in [6.45, 7) is 1.54. The van der Waals surface area contributed by atoms with E-state index in [0.29, 0.717) is 5.92 Å². The molecule has 2 fully saturated rings. The van der Waals surface area contributed by atoms with Crippen LogP contribution < -0.4 is 10.9 Å². The number of amides is 1. The fourth-order valence-electron chi connectivity index (χ4n) is 4.25. The van der Waals surface area contributed by atoms with Gasteiger partial charge in [-0.15, -0.1) is 12.4 Å². The molecule has 0 saturated carbocycles. The number of likely N-dealkylation sites (tertiary alicyclic amines) is 1. The molecular weight excluding hydrogens is 362 g/mol. The number of aromatic nitrogens is 1. The van der Waals surface area contributed by atoms with Crippen LogP contribution in [0.1, 0.15) is 48.8 Å². The Morgan fingerprint density at radius 3 is 2.41 bits per heavy atom. The van der Waals surface area contributed by atoms with Crippen molar-refractivity contribution >= 4 is 18.3 Å². The van der Waals surface area contributed by atoms with Crippen LogP contribution in [0.15, 0.2) is 53.5 Å². The zero-order valence-corrected chi connectivity index (χ0v) is 16.1. The summed E-state index contributed by atoms with van der Waals surface area (Å²) in [5, 5.41) is 3.52. The van der Waals surface area contributed by atoms with Crippen molar-refractivity contribution in [1.82, 2.24) is 15.2 Å². The summed E-state index contributed by atoms with van der Waals surface area (Å²) in [6, 6.07) is 14.2. The lowest BCUT2D eigenvalue weighted by atomic mass is 9.90. The van der Waals surface area contributed by atoms with E-state index in [1.165, 1.54) is 5.56 Å². The standard InChI is InChI=1S/C21H25N3O2.ClH/c25-20-14-17(8-11-22-20)15-9-12-24(13-10-15)21(26)19-7-6-18(23-19)16-4-2-1-3-5-16;/h1-5,8,11,14-15,18-19,23H,6-7,9-10,12-13H2,(H,22,25);1H/t18-,19-;/m1./s1. The largest absolute Gasteiger partial charge is 0.341 e. The lowest BCUT2D eigenvalue weighted by Gasteiger charge is -2.34. The molecule has 27 heavy (non-hydrogen) atoms. The van der Waals surface area contributed by atoms with Gasteiger partial charge >= 0.3 is 0 Å². The number of piperidine rings is 1. The molecule has 0 bridgehead atoms. The second-order valence-corrected chi connectivity index (χ2v) is 7.35. The van der Waals surface area contributed by atoms with E-state index in [2.05, 4.69) is 22.4 Å². The SMILES string of the molecule is Cl.O=C([C@H]1CC[C@H](c2ccccc2)N1)N1CCC(c2cc[nH]c(=O)c2)CC1. The van der Waals surface area contributed by atoms with Crippen LogP contribution in [0.5, 0.6) is 0 Å². The molecule has 2 saturated heterocycles. The Hall–Kier alpha value is -2.11. The maximum Gasteiger partial charge on any atom is 0.248 e. The summed E-state index contributed by atoms with van der Waals surface area (Å²) < 4.78 is 0. The molecule has 4 rings (SSSR count). The van der Waals surface area contributed by atoms with Crippen LogP contribution in [0.4, 0.5) is 0 Å². The molecule has 0 spiro atoms. The number of hydrogen-bond acceptors (Lipinski definition) is 3. The second kappa shape index (κ2) is 8.72. The van der Waals surface area contributed by atoms with Crippen LogP contribution in [-0.4, -0.2) is 34.9 Å². The average Bonchev–Trinajstić information content (AvgIpc) is 3.18. The molecule has 2 aromatic rings. The average molecular weight is 388 g/mol. The normalized spacial score (nSPS) is 23.0. The fraction of sp³-hybridized carbons (Fsp3) is 0.429. The van der Waals surface area contributed by atoms with E-state index in [1.807, 2.05) is 29.2 Å². The molecule has 1 aromatic carbocycles. The van der Waals surface area contributed by atoms with Crippen molar-refractivity contribution in [1.29, 1.82) is 0 Å². The van der Waals surface area contributed by atoms with E-state index in [9.17, 15) is 9.59 Å². The number of halogens is 1. The molecule has 0 unspecified atom stereocenters. The number of pyridine rings is 1. The van der Waals surface area contributed by atoms with Gasteiger partial charge in [-0.3, -0.25) is 14.9 Å². The predicted molar refractivity (Wildman–Crippen MR) is 108 cm³/mol. The molecule has 6 heteroatoms. The first kappa shape index (κ1) is 19.6. The van der Waals surface area contributed by atoms with E-state index < -0.39 is 0 Å². The lowest BCUT2D eigenvalue weighted by molar-refractivity contribution is -0.134. The summed E-state index contributed by atoms with van der Waals surface area (Å²) in [5.74, 6) is 0.600. The number of nitrogens with zero attached hydrogens (tertiary/aromatic N) is 1. The molecule has 1 aromatic heterocycles. The maximum absolute atomic E-state index is 12.9. The van der Waals surface area contributed by atoms with E-state index in [0.717, 1.165) is 44.3 Å². The van der Waals surface area contributed by atoms with Gasteiger partial charge in [-0.1, -0.05) is 30.3 Å². The number of aromatic amines is 1. The molecule has 2 N–H and O–H groups in total. The van der Waals surface area contributed by atoms with Gasteiger partial charge in [0.2, 0.25) is 11.5 Å². The minimum absolute atomic E-state index is 0. The minimum Gasteiger partial charge on any atom is -0.341 e. The Kier molecular flexibility index (Phi) is 6.34. The zero-order chi connectivity index (χ0) is 17.9. The van der Waals surface area contributed by atoms with Gasteiger partial charge < -0.3 is 9.88 Å². The number of H-pyrrole nitrogens is 1. The number of hydrogen-bond donors (Lipinski definition) is 2. The predicted octanol–water partition coefficient (Wildman–Crippen LogP) is 3.00. The van der Waals surface area contributed by atoms with E-state index in [-0.39, 0.29) is 36.0 Å². The van der Waals surface area contributed by atoms with Crippen molar-refractivity contribution in [2.45, 2.75) is 43.7 Å². The third-order valence-electron chi connectivity index (χ3n) is 5.72. The van der Waals surface area contributed by atoms with Crippen LogP contribution in [-0.2, 0) is 4.79 Å². The van der Waals surface area contributed by atoms with Gasteiger partial charge in [-0.05, 0) is 48.8 Å². The Morgan fingerprint density at radius 1 is 0.963 bits per heavy atom.